The van der Waals surface area contributed by atoms with Crippen LogP contribution in [0.15, 0.2) is 40.9 Å². The normalized spacial score (nSPS) is 17.5. The molecule has 0 aromatic heterocycles. The van der Waals surface area contributed by atoms with Crippen LogP contribution in [0.3, 0.4) is 0 Å². The first kappa shape index (κ1) is 16.1. The van der Waals surface area contributed by atoms with Crippen molar-refractivity contribution < 1.29 is 18.7 Å². The summed E-state index contributed by atoms with van der Waals surface area (Å²) in [7, 11) is 0. The number of allylic oxidation sites excluding steroid dienone is 1. The first-order valence-corrected chi connectivity index (χ1v) is 6.74. The number of hydrogen-bond acceptors (Lipinski definition) is 4. The Kier molecular flexibility index (Phi) is 4.00. The number of rotatable bonds is 5. The Morgan fingerprint density at radius 3 is 2.55 bits per heavy atom. The van der Waals surface area contributed by atoms with Crippen molar-refractivity contribution in [1.82, 2.24) is 0 Å². The summed E-state index contributed by atoms with van der Waals surface area (Å²) in [6.45, 7) is 2.65. The Morgan fingerprint density at radius 1 is 1.41 bits per heavy atom. The zero-order valence-electron chi connectivity index (χ0n) is 12.2. The van der Waals surface area contributed by atoms with E-state index in [0.717, 1.165) is 13.0 Å². The van der Waals surface area contributed by atoms with E-state index in [1.807, 2.05) is 0 Å². The van der Waals surface area contributed by atoms with Crippen LogP contribution in [0.25, 0.3) is 0 Å². The minimum Gasteiger partial charge on any atom is -0.510 e. The molecule has 0 heterocycles. The fraction of sp³-hybridized carbons (Fsp3) is 0.400. The first-order valence-electron chi connectivity index (χ1n) is 6.74. The number of nitroso groups, excluding NO2 is 1. The summed E-state index contributed by atoms with van der Waals surface area (Å²) < 4.78 is 28.7. The summed E-state index contributed by atoms with van der Waals surface area (Å²) in [5.41, 5.74) is -1.83. The number of anilines is 1. The molecule has 7 heteroatoms. The van der Waals surface area contributed by atoms with E-state index in [1.165, 1.54) is 25.1 Å². The maximum absolute atomic E-state index is 14.4. The van der Waals surface area contributed by atoms with Crippen molar-refractivity contribution in [3.63, 3.8) is 0 Å². The van der Waals surface area contributed by atoms with Crippen molar-refractivity contribution >= 4 is 11.6 Å². The van der Waals surface area contributed by atoms with Gasteiger partial charge >= 0.3 is 0 Å². The number of benzene rings is 1. The van der Waals surface area contributed by atoms with Gasteiger partial charge in [0.05, 0.1) is 0 Å². The number of alkyl halides is 2. The molecular weight excluding hydrogens is 294 g/mol. The molecule has 0 spiro atoms. The highest BCUT2D eigenvalue weighted by atomic mass is 19.3. The topological polar surface area (TPSA) is 78.8 Å². The van der Waals surface area contributed by atoms with E-state index >= 15 is 0 Å². The van der Waals surface area contributed by atoms with Gasteiger partial charge in [-0.05, 0) is 37.1 Å². The number of carbonyl (C=O) groups is 1. The maximum atomic E-state index is 14.4. The molecule has 0 bridgehead atoms. The standard InChI is InChI=1S/C15H16F2N2O3/c1-9(20)12(19-22)13(21)18-11-5-3-4-10(8-11)15(16,17)14(2)6-7-14/h3-5,8,20H,6-7H2,1-2H3,(H,18,21). The van der Waals surface area contributed by atoms with Gasteiger partial charge in [-0.3, -0.25) is 4.79 Å². The van der Waals surface area contributed by atoms with E-state index in [0.29, 0.717) is 12.8 Å². The number of carbonyl (C=O) groups excluding carboxylic acids is 1. The Bertz CT molecular complexity index is 648. The Morgan fingerprint density at radius 2 is 2.05 bits per heavy atom. The molecule has 0 saturated heterocycles. The third-order valence-electron chi connectivity index (χ3n) is 3.89. The molecule has 5 nitrogen and oxygen atoms in total. The summed E-state index contributed by atoms with van der Waals surface area (Å²) >= 11 is 0. The van der Waals surface area contributed by atoms with Crippen LogP contribution in [0.4, 0.5) is 14.5 Å². The average Bonchev–Trinajstić information content (AvgIpc) is 3.19. The van der Waals surface area contributed by atoms with Gasteiger partial charge in [0.25, 0.3) is 11.8 Å². The minimum absolute atomic E-state index is 0.105. The number of nitrogens with one attached hydrogen (secondary N) is 1. The van der Waals surface area contributed by atoms with E-state index < -0.39 is 28.7 Å². The predicted octanol–water partition coefficient (Wildman–Crippen LogP) is 4.07. The number of nitrogens with zero attached hydrogens (tertiary/aromatic N) is 1. The molecule has 2 rings (SSSR count). The molecule has 0 radical (unpaired) electrons. The molecule has 0 aliphatic heterocycles. The zero-order chi connectivity index (χ0) is 16.5. The van der Waals surface area contributed by atoms with E-state index in [1.54, 1.807) is 0 Å². The van der Waals surface area contributed by atoms with Gasteiger partial charge in [-0.1, -0.05) is 19.1 Å². The third kappa shape index (κ3) is 2.84. The second-order valence-corrected chi connectivity index (χ2v) is 5.70. The maximum Gasteiger partial charge on any atom is 0.281 e. The fourth-order valence-electron chi connectivity index (χ4n) is 2.10. The lowest BCUT2D eigenvalue weighted by Gasteiger charge is -2.24. The van der Waals surface area contributed by atoms with Gasteiger partial charge in [-0.15, -0.1) is 4.91 Å². The van der Waals surface area contributed by atoms with E-state index in [-0.39, 0.29) is 11.3 Å². The molecule has 22 heavy (non-hydrogen) atoms. The van der Waals surface area contributed by atoms with Crippen LogP contribution in [0.2, 0.25) is 0 Å². The molecule has 1 saturated carbocycles. The van der Waals surface area contributed by atoms with Crippen molar-refractivity contribution in [3.05, 3.63) is 46.2 Å². The molecule has 118 valence electrons. The SMILES string of the molecule is CC(O)=C(N=O)C(=O)Nc1cccc(C(F)(F)C2(C)CC2)c1. The van der Waals surface area contributed by atoms with Crippen LogP contribution >= 0.6 is 0 Å². The van der Waals surface area contributed by atoms with Gasteiger partial charge < -0.3 is 10.4 Å². The lowest BCUT2D eigenvalue weighted by atomic mass is 9.93. The quantitative estimate of drug-likeness (QED) is 0.489. The van der Waals surface area contributed by atoms with Crippen molar-refractivity contribution in [3.8, 4) is 0 Å². The van der Waals surface area contributed by atoms with E-state index in [9.17, 15) is 18.5 Å². The number of aliphatic hydroxyl groups excluding tert-OH is 1. The molecule has 1 amide bonds. The lowest BCUT2D eigenvalue weighted by Crippen LogP contribution is -2.25. The van der Waals surface area contributed by atoms with Gasteiger partial charge in [-0.25, -0.2) is 8.78 Å². The Balaban J connectivity index is 2.25. The van der Waals surface area contributed by atoms with Crippen molar-refractivity contribution in [1.29, 1.82) is 0 Å². The summed E-state index contributed by atoms with van der Waals surface area (Å²) in [5, 5.41) is 13.9. The highest BCUT2D eigenvalue weighted by Crippen LogP contribution is 2.61. The van der Waals surface area contributed by atoms with Crippen LogP contribution in [0.1, 0.15) is 32.3 Å². The fourth-order valence-corrected chi connectivity index (χ4v) is 2.10. The van der Waals surface area contributed by atoms with Crippen molar-refractivity contribution in [2.24, 2.45) is 10.6 Å². The molecule has 1 aromatic carbocycles. The number of amides is 1. The molecule has 1 fully saturated rings. The molecule has 1 aliphatic carbocycles. The average molecular weight is 310 g/mol. The van der Waals surface area contributed by atoms with Gasteiger partial charge in [-0.2, -0.15) is 0 Å². The highest BCUT2D eigenvalue weighted by molar-refractivity contribution is 6.03. The van der Waals surface area contributed by atoms with Crippen LogP contribution in [-0.2, 0) is 10.7 Å². The molecular formula is C15H16F2N2O3. The zero-order valence-corrected chi connectivity index (χ0v) is 12.2. The Labute approximate surface area is 126 Å². The van der Waals surface area contributed by atoms with Crippen LogP contribution < -0.4 is 5.32 Å². The van der Waals surface area contributed by atoms with Gasteiger partial charge in [0.15, 0.2) is 0 Å². The second kappa shape index (κ2) is 5.47. The first-order chi connectivity index (χ1) is 10.2. The van der Waals surface area contributed by atoms with Crippen molar-refractivity contribution in [2.45, 2.75) is 32.6 Å². The largest absolute Gasteiger partial charge is 0.510 e. The minimum atomic E-state index is -3.00. The predicted molar refractivity (Wildman–Crippen MR) is 77.4 cm³/mol. The summed E-state index contributed by atoms with van der Waals surface area (Å²) in [4.78, 5) is 22.2. The molecule has 1 aliphatic rings. The molecule has 1 aromatic rings. The number of hydrogen-bond donors (Lipinski definition) is 2. The molecule has 2 N–H and O–H groups in total. The van der Waals surface area contributed by atoms with E-state index in [2.05, 4.69) is 10.5 Å². The monoisotopic (exact) mass is 310 g/mol. The molecule has 0 unspecified atom stereocenters. The van der Waals surface area contributed by atoms with Crippen molar-refractivity contribution in [2.75, 3.05) is 5.32 Å². The van der Waals surface area contributed by atoms with Crippen LogP contribution in [-0.4, -0.2) is 11.0 Å². The van der Waals surface area contributed by atoms with Gasteiger partial charge in [0.1, 0.15) is 5.76 Å². The van der Waals surface area contributed by atoms with Crippen LogP contribution in [0.5, 0.6) is 0 Å². The smallest absolute Gasteiger partial charge is 0.281 e. The van der Waals surface area contributed by atoms with Gasteiger partial charge in [0, 0.05) is 16.7 Å². The summed E-state index contributed by atoms with van der Waals surface area (Å²) in [6, 6.07) is 5.28. The Hall–Kier alpha value is -2.31. The van der Waals surface area contributed by atoms with E-state index in [4.69, 9.17) is 5.11 Å². The molecule has 0 atom stereocenters. The van der Waals surface area contributed by atoms with Crippen LogP contribution in [0, 0.1) is 10.3 Å². The third-order valence-corrected chi connectivity index (χ3v) is 3.89. The second-order valence-electron chi connectivity index (χ2n) is 5.70. The summed E-state index contributed by atoms with van der Waals surface area (Å²) in [6.07, 6.45) is 0.893. The van der Waals surface area contributed by atoms with Gasteiger partial charge in [0.2, 0.25) is 5.70 Å². The highest BCUT2D eigenvalue weighted by Gasteiger charge is 2.59. The summed E-state index contributed by atoms with van der Waals surface area (Å²) in [5.74, 6) is -4.49. The number of halogens is 2. The number of aliphatic hydroxyl groups is 1. The lowest BCUT2D eigenvalue weighted by molar-refractivity contribution is -0.113.